The SMILES string of the molecule is CC(=O)OC[C@@H]1[C@@H](OC(C)=O)[C@@H](OC(C)=O)[C@H](c2c[nH]c3c(NC(=O)c4ccccc4)ncnc23)N1C(=O)O. The predicted molar refractivity (Wildman–Crippen MR) is 132 cm³/mol. The number of carbonyl (C=O) groups is 5. The molecule has 1 aliphatic rings. The molecule has 1 aromatic carbocycles. The zero-order valence-electron chi connectivity index (χ0n) is 21.1. The van der Waals surface area contributed by atoms with Crippen molar-refractivity contribution in [1.82, 2.24) is 19.9 Å². The van der Waals surface area contributed by atoms with Crippen molar-refractivity contribution in [3.05, 3.63) is 54.0 Å². The van der Waals surface area contributed by atoms with Crippen molar-refractivity contribution >= 4 is 46.8 Å². The van der Waals surface area contributed by atoms with Crippen molar-refractivity contribution in [2.45, 2.75) is 45.1 Å². The maximum atomic E-state index is 12.7. The van der Waals surface area contributed by atoms with E-state index in [4.69, 9.17) is 14.2 Å². The van der Waals surface area contributed by atoms with Crippen LogP contribution >= 0.6 is 0 Å². The summed E-state index contributed by atoms with van der Waals surface area (Å²) < 4.78 is 16.0. The first-order valence-corrected chi connectivity index (χ1v) is 11.8. The molecule has 0 saturated carbocycles. The number of nitrogens with one attached hydrogen (secondary N) is 2. The van der Waals surface area contributed by atoms with Crippen LogP contribution in [0.2, 0.25) is 0 Å². The maximum absolute atomic E-state index is 12.7. The number of nitrogens with zero attached hydrogens (tertiary/aromatic N) is 3. The minimum atomic E-state index is -1.45. The molecule has 0 spiro atoms. The van der Waals surface area contributed by atoms with Crippen LogP contribution in [0.5, 0.6) is 0 Å². The summed E-state index contributed by atoms with van der Waals surface area (Å²) in [6.07, 6.45) is -1.46. The predicted octanol–water partition coefficient (Wildman–Crippen LogP) is 2.04. The van der Waals surface area contributed by atoms with E-state index in [1.165, 1.54) is 12.5 Å². The third kappa shape index (κ3) is 5.63. The first-order valence-electron chi connectivity index (χ1n) is 11.8. The second-order valence-electron chi connectivity index (χ2n) is 8.66. The average Bonchev–Trinajstić information content (AvgIpc) is 3.42. The number of hydrogen-bond acceptors (Lipinski definition) is 10. The van der Waals surface area contributed by atoms with Crippen LogP contribution in [0.15, 0.2) is 42.9 Å². The highest BCUT2D eigenvalue weighted by Gasteiger charge is 2.57. The Labute approximate surface area is 221 Å². The van der Waals surface area contributed by atoms with Crippen LogP contribution in [-0.2, 0) is 28.6 Å². The molecule has 39 heavy (non-hydrogen) atoms. The minimum Gasteiger partial charge on any atom is -0.465 e. The molecule has 3 aromatic rings. The lowest BCUT2D eigenvalue weighted by Gasteiger charge is -2.27. The number of amides is 2. The van der Waals surface area contributed by atoms with Crippen LogP contribution in [0.4, 0.5) is 10.6 Å². The standard InChI is InChI=1S/C25H25N5O9/c1-12(31)37-10-17-21(38-13(2)32)22(39-14(3)33)20(30(17)25(35)36)16-9-26-19-18(16)27-11-28-23(19)29-24(34)15-7-5-4-6-8-15/h4-9,11,17,20-22,26H,10H2,1-3H3,(H,35,36)(H,27,28,29,34)/t17-,20+,21-,22+/m1/s1. The Morgan fingerprint density at radius 2 is 1.64 bits per heavy atom. The van der Waals surface area contributed by atoms with Gasteiger partial charge in [-0.05, 0) is 12.1 Å². The Morgan fingerprint density at radius 1 is 0.974 bits per heavy atom. The van der Waals surface area contributed by atoms with Crippen molar-refractivity contribution in [2.75, 3.05) is 11.9 Å². The van der Waals surface area contributed by atoms with Gasteiger partial charge in [-0.1, -0.05) is 18.2 Å². The summed E-state index contributed by atoms with van der Waals surface area (Å²) in [7, 11) is 0. The molecular formula is C25H25N5O9. The number of esters is 3. The highest BCUT2D eigenvalue weighted by Crippen LogP contribution is 2.43. The summed E-state index contributed by atoms with van der Waals surface area (Å²) in [5, 5.41) is 12.9. The van der Waals surface area contributed by atoms with Gasteiger partial charge in [0.2, 0.25) is 0 Å². The number of carboxylic acid groups (broad SMARTS) is 1. The monoisotopic (exact) mass is 539 g/mol. The molecule has 0 unspecified atom stereocenters. The summed E-state index contributed by atoms with van der Waals surface area (Å²) in [5.41, 5.74) is 1.13. The fraction of sp³-hybridized carbons (Fsp3) is 0.320. The molecule has 3 heterocycles. The van der Waals surface area contributed by atoms with Gasteiger partial charge in [-0.25, -0.2) is 14.8 Å². The summed E-state index contributed by atoms with van der Waals surface area (Å²) >= 11 is 0. The van der Waals surface area contributed by atoms with E-state index in [9.17, 15) is 29.1 Å². The van der Waals surface area contributed by atoms with Crippen LogP contribution in [0, 0.1) is 0 Å². The molecular weight excluding hydrogens is 514 g/mol. The fourth-order valence-corrected chi connectivity index (χ4v) is 4.60. The maximum Gasteiger partial charge on any atom is 0.408 e. The lowest BCUT2D eigenvalue weighted by Crippen LogP contribution is -2.45. The number of H-pyrrole nitrogens is 1. The number of carbonyl (C=O) groups excluding carboxylic acids is 4. The van der Waals surface area contributed by atoms with Gasteiger partial charge >= 0.3 is 24.0 Å². The number of anilines is 1. The molecule has 2 amide bonds. The number of aromatic amines is 1. The Kier molecular flexibility index (Phi) is 7.74. The van der Waals surface area contributed by atoms with Gasteiger partial charge in [0.1, 0.15) is 30.5 Å². The largest absolute Gasteiger partial charge is 0.465 e. The van der Waals surface area contributed by atoms with Crippen LogP contribution in [0.3, 0.4) is 0 Å². The summed E-state index contributed by atoms with van der Waals surface area (Å²) in [5.74, 6) is -2.52. The topological polar surface area (TPSA) is 190 Å². The second kappa shape index (κ2) is 11.2. The van der Waals surface area contributed by atoms with Crippen molar-refractivity contribution < 1.29 is 43.3 Å². The minimum absolute atomic E-state index is 0.122. The average molecular weight is 540 g/mol. The number of likely N-dealkylation sites (tertiary alicyclic amines) is 1. The molecule has 3 N–H and O–H groups in total. The zero-order chi connectivity index (χ0) is 28.3. The quantitative estimate of drug-likeness (QED) is 0.294. The Morgan fingerprint density at radius 3 is 2.26 bits per heavy atom. The highest BCUT2D eigenvalue weighted by atomic mass is 16.6. The highest BCUT2D eigenvalue weighted by molar-refractivity contribution is 6.07. The number of aromatic nitrogens is 3. The Bertz CT molecular complexity index is 1420. The number of ether oxygens (including phenoxy) is 3. The summed E-state index contributed by atoms with van der Waals surface area (Å²) in [6.45, 7) is 2.92. The Hall–Kier alpha value is -5.01. The molecule has 14 nitrogen and oxygen atoms in total. The first kappa shape index (κ1) is 27.0. The molecule has 4 atom stereocenters. The van der Waals surface area contributed by atoms with E-state index in [0.717, 1.165) is 25.7 Å². The molecule has 2 aromatic heterocycles. The van der Waals surface area contributed by atoms with Crippen LogP contribution in [0.25, 0.3) is 11.0 Å². The van der Waals surface area contributed by atoms with E-state index < -0.39 is 60.8 Å². The van der Waals surface area contributed by atoms with Crippen LogP contribution in [0.1, 0.15) is 42.7 Å². The van der Waals surface area contributed by atoms with E-state index in [-0.39, 0.29) is 22.4 Å². The van der Waals surface area contributed by atoms with Gasteiger partial charge in [0, 0.05) is 38.1 Å². The molecule has 0 aliphatic carbocycles. The third-order valence-corrected chi connectivity index (χ3v) is 6.03. The molecule has 1 fully saturated rings. The lowest BCUT2D eigenvalue weighted by molar-refractivity contribution is -0.165. The summed E-state index contributed by atoms with van der Waals surface area (Å²) in [6, 6.07) is 5.98. The normalized spacial score (nSPS) is 20.3. The van der Waals surface area contributed by atoms with Crippen LogP contribution < -0.4 is 5.32 Å². The van der Waals surface area contributed by atoms with Crippen molar-refractivity contribution in [2.24, 2.45) is 0 Å². The van der Waals surface area contributed by atoms with Crippen molar-refractivity contribution in [1.29, 1.82) is 0 Å². The number of rotatable bonds is 7. The van der Waals surface area contributed by atoms with E-state index >= 15 is 0 Å². The molecule has 0 bridgehead atoms. The fourth-order valence-electron chi connectivity index (χ4n) is 4.60. The molecule has 1 saturated heterocycles. The first-order chi connectivity index (χ1) is 18.6. The van der Waals surface area contributed by atoms with Gasteiger partial charge in [0.05, 0.1) is 5.52 Å². The van der Waals surface area contributed by atoms with Gasteiger partial charge in [0.25, 0.3) is 5.91 Å². The smallest absolute Gasteiger partial charge is 0.408 e. The summed E-state index contributed by atoms with van der Waals surface area (Å²) in [4.78, 5) is 73.1. The molecule has 204 valence electrons. The number of fused-ring (bicyclic) bond motifs is 1. The zero-order valence-corrected chi connectivity index (χ0v) is 21.1. The van der Waals surface area contributed by atoms with Crippen LogP contribution in [-0.4, -0.2) is 79.7 Å². The van der Waals surface area contributed by atoms with E-state index in [1.807, 2.05) is 0 Å². The van der Waals surface area contributed by atoms with E-state index in [2.05, 4.69) is 20.3 Å². The van der Waals surface area contributed by atoms with Gasteiger partial charge in [0.15, 0.2) is 18.0 Å². The van der Waals surface area contributed by atoms with Crippen molar-refractivity contribution in [3.63, 3.8) is 0 Å². The van der Waals surface area contributed by atoms with E-state index in [0.29, 0.717) is 5.56 Å². The molecule has 0 radical (unpaired) electrons. The number of hydrogen-bond donors (Lipinski definition) is 3. The second-order valence-corrected chi connectivity index (χ2v) is 8.66. The van der Waals surface area contributed by atoms with Gasteiger partial charge in [-0.15, -0.1) is 0 Å². The molecule has 14 heteroatoms. The van der Waals surface area contributed by atoms with Gasteiger partial charge in [-0.3, -0.25) is 24.1 Å². The lowest BCUT2D eigenvalue weighted by atomic mass is 10.0. The van der Waals surface area contributed by atoms with Crippen molar-refractivity contribution in [3.8, 4) is 0 Å². The molecule has 1 aliphatic heterocycles. The number of benzene rings is 1. The third-order valence-electron chi connectivity index (χ3n) is 6.03. The van der Waals surface area contributed by atoms with E-state index in [1.54, 1.807) is 30.3 Å². The van der Waals surface area contributed by atoms with Gasteiger partial charge < -0.3 is 29.6 Å². The molecule has 4 rings (SSSR count). The van der Waals surface area contributed by atoms with Gasteiger partial charge in [-0.2, -0.15) is 0 Å². The Balaban J connectivity index is 1.80.